The molecule has 2 unspecified atom stereocenters. The van der Waals surface area contributed by atoms with Crippen molar-refractivity contribution in [3.63, 3.8) is 0 Å². The van der Waals surface area contributed by atoms with Crippen LogP contribution in [0.1, 0.15) is 0 Å². The molecule has 1 fully saturated rings. The summed E-state index contributed by atoms with van der Waals surface area (Å²) >= 11 is 1.82. The van der Waals surface area contributed by atoms with Crippen molar-refractivity contribution in [1.29, 1.82) is 0 Å². The fourth-order valence-corrected chi connectivity index (χ4v) is 2.56. The topological polar surface area (TPSA) is 72.3 Å². The largest absolute Gasteiger partial charge is 0.368 e. The summed E-state index contributed by atoms with van der Waals surface area (Å²) in [6.45, 7) is 0.982. The van der Waals surface area contributed by atoms with E-state index in [1.807, 2.05) is 18.8 Å². The monoisotopic (exact) mass is 189 g/mol. The molecule has 2 atom stereocenters. The fraction of sp³-hybridized carbons (Fsp3) is 0.857. The third-order valence-electron chi connectivity index (χ3n) is 2.19. The van der Waals surface area contributed by atoms with Gasteiger partial charge in [0.25, 0.3) is 0 Å². The van der Waals surface area contributed by atoms with Gasteiger partial charge in [-0.1, -0.05) is 0 Å². The molecular weight excluding hydrogens is 174 g/mol. The Hall–Kier alpha value is -0.260. The number of carbonyl (C=O) groups is 1. The van der Waals surface area contributed by atoms with Crippen LogP contribution in [-0.4, -0.2) is 48.0 Å². The van der Waals surface area contributed by atoms with Crippen molar-refractivity contribution in [3.8, 4) is 0 Å². The quantitative estimate of drug-likeness (QED) is 0.575. The van der Waals surface area contributed by atoms with Crippen molar-refractivity contribution in [1.82, 2.24) is 4.90 Å². The molecule has 0 saturated carbocycles. The Morgan fingerprint density at radius 1 is 1.75 bits per heavy atom. The maximum atomic E-state index is 10.8. The van der Waals surface area contributed by atoms with Crippen LogP contribution in [0.25, 0.3) is 0 Å². The zero-order valence-corrected chi connectivity index (χ0v) is 8.01. The normalized spacial score (nSPS) is 28.3. The van der Waals surface area contributed by atoms with Crippen molar-refractivity contribution in [2.75, 3.05) is 25.1 Å². The average molecular weight is 189 g/mol. The van der Waals surface area contributed by atoms with E-state index in [1.165, 1.54) is 0 Å². The molecular formula is C7H15N3OS. The minimum absolute atomic E-state index is 0.112. The van der Waals surface area contributed by atoms with Crippen LogP contribution in [0.3, 0.4) is 0 Å². The zero-order chi connectivity index (χ0) is 9.14. The van der Waals surface area contributed by atoms with E-state index in [4.69, 9.17) is 11.5 Å². The lowest BCUT2D eigenvalue weighted by Crippen LogP contribution is -2.56. The van der Waals surface area contributed by atoms with Gasteiger partial charge in [0.2, 0.25) is 5.91 Å². The maximum Gasteiger partial charge on any atom is 0.235 e. The number of nitrogens with two attached hydrogens (primary N) is 2. The molecule has 1 amide bonds. The first-order valence-electron chi connectivity index (χ1n) is 3.96. The first-order chi connectivity index (χ1) is 5.63. The number of rotatable bonds is 2. The highest BCUT2D eigenvalue weighted by atomic mass is 32.2. The second-order valence-corrected chi connectivity index (χ2v) is 4.20. The van der Waals surface area contributed by atoms with Crippen molar-refractivity contribution in [2.24, 2.45) is 11.5 Å². The first kappa shape index (κ1) is 9.83. The summed E-state index contributed by atoms with van der Waals surface area (Å²) in [5, 5.41) is 0. The van der Waals surface area contributed by atoms with Gasteiger partial charge in [-0.25, -0.2) is 0 Å². The van der Waals surface area contributed by atoms with Crippen molar-refractivity contribution < 1.29 is 4.79 Å². The van der Waals surface area contributed by atoms with E-state index in [9.17, 15) is 4.79 Å². The molecule has 1 aliphatic heterocycles. The minimum Gasteiger partial charge on any atom is -0.368 e. The Morgan fingerprint density at radius 3 is 2.92 bits per heavy atom. The Bertz CT molecular complexity index is 176. The summed E-state index contributed by atoms with van der Waals surface area (Å²) in [7, 11) is 1.98. The molecule has 4 nitrogen and oxygen atoms in total. The van der Waals surface area contributed by atoms with Gasteiger partial charge in [0, 0.05) is 24.1 Å². The van der Waals surface area contributed by atoms with Crippen LogP contribution in [0.5, 0.6) is 0 Å². The number of likely N-dealkylation sites (N-methyl/N-ethyl adjacent to an activating group) is 1. The summed E-state index contributed by atoms with van der Waals surface area (Å²) in [4.78, 5) is 12.9. The smallest absolute Gasteiger partial charge is 0.235 e. The number of primary amides is 1. The number of thioether (sulfide) groups is 1. The van der Waals surface area contributed by atoms with E-state index in [-0.39, 0.29) is 6.04 Å². The molecule has 5 heteroatoms. The van der Waals surface area contributed by atoms with Gasteiger partial charge < -0.3 is 11.5 Å². The van der Waals surface area contributed by atoms with E-state index >= 15 is 0 Å². The fourth-order valence-electron chi connectivity index (χ4n) is 1.27. The Morgan fingerprint density at radius 2 is 2.42 bits per heavy atom. The Labute approximate surface area is 76.6 Å². The molecule has 0 aromatic heterocycles. The molecule has 0 aliphatic carbocycles. The van der Waals surface area contributed by atoms with Gasteiger partial charge in [-0.2, -0.15) is 11.8 Å². The minimum atomic E-state index is -0.525. The lowest BCUT2D eigenvalue weighted by atomic mass is 10.1. The lowest BCUT2D eigenvalue weighted by molar-refractivity contribution is -0.120. The second-order valence-electron chi connectivity index (χ2n) is 3.05. The van der Waals surface area contributed by atoms with E-state index in [0.717, 1.165) is 18.1 Å². The predicted molar refractivity (Wildman–Crippen MR) is 50.9 cm³/mol. The molecule has 4 N–H and O–H groups in total. The van der Waals surface area contributed by atoms with Crippen molar-refractivity contribution >= 4 is 17.7 Å². The molecule has 1 saturated heterocycles. The van der Waals surface area contributed by atoms with Gasteiger partial charge in [-0.05, 0) is 7.05 Å². The third-order valence-corrected chi connectivity index (χ3v) is 3.23. The summed E-state index contributed by atoms with van der Waals surface area (Å²) < 4.78 is 0. The van der Waals surface area contributed by atoms with Crippen LogP contribution in [0, 0.1) is 0 Å². The Kier molecular flexibility index (Phi) is 3.37. The number of hydrogen-bond acceptors (Lipinski definition) is 4. The van der Waals surface area contributed by atoms with Gasteiger partial charge in [0.15, 0.2) is 0 Å². The van der Waals surface area contributed by atoms with Crippen LogP contribution in [0.15, 0.2) is 0 Å². The summed E-state index contributed by atoms with van der Waals surface area (Å²) in [5.41, 5.74) is 10.8. The molecule has 1 aliphatic rings. The van der Waals surface area contributed by atoms with Crippen LogP contribution < -0.4 is 11.5 Å². The molecule has 0 radical (unpaired) electrons. The van der Waals surface area contributed by atoms with Crippen LogP contribution in [0.2, 0.25) is 0 Å². The maximum absolute atomic E-state index is 10.8. The van der Waals surface area contributed by atoms with Gasteiger partial charge in [-0.15, -0.1) is 0 Å². The van der Waals surface area contributed by atoms with Crippen LogP contribution in [0.4, 0.5) is 0 Å². The molecule has 1 rings (SSSR count). The van der Waals surface area contributed by atoms with Crippen molar-refractivity contribution in [3.05, 3.63) is 0 Å². The van der Waals surface area contributed by atoms with Gasteiger partial charge >= 0.3 is 0 Å². The average Bonchev–Trinajstić information content (AvgIpc) is 2.04. The molecule has 0 bridgehead atoms. The highest BCUT2D eigenvalue weighted by molar-refractivity contribution is 7.99. The summed E-state index contributed by atoms with van der Waals surface area (Å²) in [6.07, 6.45) is 0. The molecule has 1 heterocycles. The molecule has 0 spiro atoms. The standard InChI is InChI=1S/C7H15N3OS/c1-10-2-3-12-4-5(10)6(8)7(9)11/h5-6H,2-4,8H2,1H3,(H2,9,11). The number of nitrogens with zero attached hydrogens (tertiary/aromatic N) is 1. The third kappa shape index (κ3) is 2.12. The lowest BCUT2D eigenvalue weighted by Gasteiger charge is -2.34. The van der Waals surface area contributed by atoms with Gasteiger partial charge in [0.05, 0.1) is 0 Å². The summed E-state index contributed by atoms with van der Waals surface area (Å²) in [5.74, 6) is 1.60. The SMILES string of the molecule is CN1CCSCC1C(N)C(N)=O. The van der Waals surface area contributed by atoms with E-state index in [0.29, 0.717) is 0 Å². The zero-order valence-electron chi connectivity index (χ0n) is 7.19. The van der Waals surface area contributed by atoms with E-state index in [2.05, 4.69) is 4.90 Å². The van der Waals surface area contributed by atoms with E-state index in [1.54, 1.807) is 0 Å². The van der Waals surface area contributed by atoms with Gasteiger partial charge in [0.1, 0.15) is 6.04 Å². The highest BCUT2D eigenvalue weighted by Crippen LogP contribution is 2.16. The second kappa shape index (κ2) is 4.11. The molecule has 0 aromatic rings. The highest BCUT2D eigenvalue weighted by Gasteiger charge is 2.28. The van der Waals surface area contributed by atoms with Crippen LogP contribution >= 0.6 is 11.8 Å². The molecule has 70 valence electrons. The predicted octanol–water partition coefficient (Wildman–Crippen LogP) is -1.15. The number of hydrogen-bond donors (Lipinski definition) is 2. The van der Waals surface area contributed by atoms with Crippen LogP contribution in [-0.2, 0) is 4.79 Å². The van der Waals surface area contributed by atoms with E-state index < -0.39 is 11.9 Å². The number of amides is 1. The number of carbonyl (C=O) groups excluding carboxylic acids is 1. The Balaban J connectivity index is 2.53. The van der Waals surface area contributed by atoms with Gasteiger partial charge in [-0.3, -0.25) is 9.69 Å². The van der Waals surface area contributed by atoms with Crippen molar-refractivity contribution in [2.45, 2.75) is 12.1 Å². The molecule has 0 aromatic carbocycles. The molecule has 12 heavy (non-hydrogen) atoms. The first-order valence-corrected chi connectivity index (χ1v) is 5.11. The summed E-state index contributed by atoms with van der Waals surface area (Å²) in [6, 6.07) is -0.413.